The average Bonchev–Trinajstić information content (AvgIpc) is 2.76. The molecular formula is C14H17NO2S2. The summed E-state index contributed by atoms with van der Waals surface area (Å²) in [6.45, 7) is 2.09. The van der Waals surface area contributed by atoms with Crippen LogP contribution in [-0.2, 0) is 9.84 Å². The predicted molar refractivity (Wildman–Crippen MR) is 79.5 cm³/mol. The number of hydrogen-bond donors (Lipinski definition) is 1. The maximum absolute atomic E-state index is 11.5. The molecule has 3 nitrogen and oxygen atoms in total. The summed E-state index contributed by atoms with van der Waals surface area (Å²) >= 11 is 1.71. The highest BCUT2D eigenvalue weighted by Gasteiger charge is 2.16. The number of aryl methyl sites for hydroxylation is 1. The van der Waals surface area contributed by atoms with Crippen LogP contribution in [0.5, 0.6) is 0 Å². The van der Waals surface area contributed by atoms with Crippen LogP contribution < -0.4 is 5.32 Å². The fourth-order valence-corrected chi connectivity index (χ4v) is 3.47. The molecule has 2 aromatic rings. The summed E-state index contributed by atoms with van der Waals surface area (Å²) in [4.78, 5) is 1.62. The van der Waals surface area contributed by atoms with Gasteiger partial charge in [0.1, 0.15) is 0 Å². The molecule has 0 spiro atoms. The molecule has 1 aromatic heterocycles. The van der Waals surface area contributed by atoms with Crippen molar-refractivity contribution in [1.29, 1.82) is 0 Å². The van der Waals surface area contributed by atoms with Crippen molar-refractivity contribution >= 4 is 21.2 Å². The van der Waals surface area contributed by atoms with Crippen molar-refractivity contribution in [2.24, 2.45) is 0 Å². The minimum Gasteiger partial charge on any atom is -0.309 e. The summed E-state index contributed by atoms with van der Waals surface area (Å²) in [5, 5.41) is 5.35. The summed E-state index contributed by atoms with van der Waals surface area (Å²) in [5.74, 6) is 0. The van der Waals surface area contributed by atoms with Gasteiger partial charge in [0.2, 0.25) is 0 Å². The molecule has 0 aliphatic heterocycles. The van der Waals surface area contributed by atoms with Gasteiger partial charge in [-0.2, -0.15) is 0 Å². The van der Waals surface area contributed by atoms with Crippen LogP contribution in [0.15, 0.2) is 40.6 Å². The first-order chi connectivity index (χ1) is 8.93. The van der Waals surface area contributed by atoms with Crippen LogP contribution in [0.25, 0.3) is 0 Å². The molecule has 0 aliphatic carbocycles. The lowest BCUT2D eigenvalue weighted by molar-refractivity contribution is 0.601. The van der Waals surface area contributed by atoms with Crippen molar-refractivity contribution < 1.29 is 8.42 Å². The molecule has 19 heavy (non-hydrogen) atoms. The van der Waals surface area contributed by atoms with E-state index in [9.17, 15) is 8.42 Å². The Hall–Kier alpha value is -1.17. The van der Waals surface area contributed by atoms with Crippen molar-refractivity contribution in [2.75, 3.05) is 13.3 Å². The summed E-state index contributed by atoms with van der Waals surface area (Å²) in [5.41, 5.74) is 2.30. The van der Waals surface area contributed by atoms with Crippen LogP contribution in [0.3, 0.4) is 0 Å². The van der Waals surface area contributed by atoms with Crippen LogP contribution in [0, 0.1) is 6.92 Å². The Labute approximate surface area is 118 Å². The molecule has 0 radical (unpaired) electrons. The Kier molecular flexibility index (Phi) is 4.08. The fraction of sp³-hybridized carbons (Fsp3) is 0.286. The van der Waals surface area contributed by atoms with Gasteiger partial charge in [0.15, 0.2) is 9.84 Å². The second-order valence-corrected chi connectivity index (χ2v) is 7.63. The molecule has 0 bridgehead atoms. The summed E-state index contributed by atoms with van der Waals surface area (Å²) in [6, 6.07) is 9.27. The van der Waals surface area contributed by atoms with Crippen LogP contribution in [-0.4, -0.2) is 21.7 Å². The van der Waals surface area contributed by atoms with Gasteiger partial charge in [0.25, 0.3) is 0 Å². The van der Waals surface area contributed by atoms with Crippen molar-refractivity contribution in [2.45, 2.75) is 17.9 Å². The van der Waals surface area contributed by atoms with Crippen LogP contribution in [0.2, 0.25) is 0 Å². The summed E-state index contributed by atoms with van der Waals surface area (Å²) in [6.07, 6.45) is 1.22. The zero-order chi connectivity index (χ0) is 14.0. The molecule has 1 heterocycles. The molecule has 1 unspecified atom stereocenters. The molecule has 0 amide bonds. The normalized spacial score (nSPS) is 13.4. The molecule has 0 fully saturated rings. The molecule has 2 rings (SSSR count). The van der Waals surface area contributed by atoms with E-state index in [1.807, 2.05) is 19.2 Å². The van der Waals surface area contributed by atoms with Crippen molar-refractivity contribution in [1.82, 2.24) is 5.32 Å². The molecule has 0 saturated heterocycles. The lowest BCUT2D eigenvalue weighted by atomic mass is 10.00. The third kappa shape index (κ3) is 3.05. The third-order valence-electron chi connectivity index (χ3n) is 3.14. The Morgan fingerprint density at radius 3 is 2.21 bits per heavy atom. The first kappa shape index (κ1) is 14.2. The molecule has 0 saturated carbocycles. The molecule has 1 aromatic carbocycles. The highest BCUT2D eigenvalue weighted by molar-refractivity contribution is 7.90. The number of rotatable bonds is 4. The Morgan fingerprint density at radius 2 is 1.79 bits per heavy atom. The van der Waals surface area contributed by atoms with Gasteiger partial charge < -0.3 is 5.32 Å². The van der Waals surface area contributed by atoms with Crippen LogP contribution >= 0.6 is 11.3 Å². The van der Waals surface area contributed by atoms with Gasteiger partial charge in [0, 0.05) is 11.1 Å². The van der Waals surface area contributed by atoms with E-state index in [2.05, 4.69) is 23.7 Å². The number of hydrogen-bond acceptors (Lipinski definition) is 4. The standard InChI is InChI=1S/C14H17NO2S2/c1-10-13(8-9-18-10)14(15-2)11-4-6-12(7-5-11)19(3,16)17/h4-9,14-15H,1-3H3. The maximum atomic E-state index is 11.5. The van der Waals surface area contributed by atoms with Crippen molar-refractivity contribution in [3.8, 4) is 0 Å². The Balaban J connectivity index is 2.38. The first-order valence-corrected chi connectivity index (χ1v) is 8.72. The molecule has 0 aliphatic rings. The van der Waals surface area contributed by atoms with E-state index in [0.29, 0.717) is 4.90 Å². The van der Waals surface area contributed by atoms with Gasteiger partial charge in [-0.05, 0) is 48.7 Å². The fourth-order valence-electron chi connectivity index (χ4n) is 2.10. The van der Waals surface area contributed by atoms with Crippen molar-refractivity contribution in [3.05, 3.63) is 51.7 Å². The van der Waals surface area contributed by atoms with Gasteiger partial charge in [-0.3, -0.25) is 0 Å². The minimum atomic E-state index is -3.13. The second-order valence-electron chi connectivity index (χ2n) is 4.50. The molecule has 1 N–H and O–H groups in total. The van der Waals surface area contributed by atoms with Gasteiger partial charge in [0.05, 0.1) is 10.9 Å². The van der Waals surface area contributed by atoms with Gasteiger partial charge in [-0.1, -0.05) is 12.1 Å². The van der Waals surface area contributed by atoms with Crippen LogP contribution in [0.1, 0.15) is 22.0 Å². The third-order valence-corrected chi connectivity index (χ3v) is 5.13. The van der Waals surface area contributed by atoms with E-state index in [1.54, 1.807) is 23.5 Å². The zero-order valence-corrected chi connectivity index (χ0v) is 12.8. The highest BCUT2D eigenvalue weighted by Crippen LogP contribution is 2.28. The topological polar surface area (TPSA) is 46.2 Å². The first-order valence-electron chi connectivity index (χ1n) is 5.94. The summed E-state index contributed by atoms with van der Waals surface area (Å²) < 4.78 is 22.9. The SMILES string of the molecule is CNC(c1ccc(S(C)(=O)=O)cc1)c1ccsc1C. The number of nitrogens with one attached hydrogen (secondary N) is 1. The molecular weight excluding hydrogens is 278 g/mol. The zero-order valence-electron chi connectivity index (χ0n) is 11.2. The van der Waals surface area contributed by atoms with Crippen molar-refractivity contribution in [3.63, 3.8) is 0 Å². The maximum Gasteiger partial charge on any atom is 0.175 e. The molecule has 5 heteroatoms. The van der Waals surface area contributed by atoms with E-state index < -0.39 is 9.84 Å². The van der Waals surface area contributed by atoms with E-state index in [4.69, 9.17) is 0 Å². The summed E-state index contributed by atoms with van der Waals surface area (Å²) in [7, 11) is -1.22. The minimum absolute atomic E-state index is 0.0971. The number of sulfone groups is 1. The lowest BCUT2D eigenvalue weighted by Crippen LogP contribution is -2.17. The molecule has 102 valence electrons. The monoisotopic (exact) mass is 295 g/mol. The second kappa shape index (κ2) is 5.45. The van der Waals surface area contributed by atoms with Gasteiger partial charge >= 0.3 is 0 Å². The Morgan fingerprint density at radius 1 is 1.16 bits per heavy atom. The van der Waals surface area contributed by atoms with Gasteiger partial charge in [-0.25, -0.2) is 8.42 Å². The Bertz CT molecular complexity index is 657. The van der Waals surface area contributed by atoms with E-state index in [1.165, 1.54) is 16.7 Å². The van der Waals surface area contributed by atoms with E-state index in [0.717, 1.165) is 5.56 Å². The number of thiophene rings is 1. The average molecular weight is 295 g/mol. The predicted octanol–water partition coefficient (Wildman–Crippen LogP) is 2.77. The molecule has 1 atom stereocenters. The van der Waals surface area contributed by atoms with Crippen LogP contribution in [0.4, 0.5) is 0 Å². The largest absolute Gasteiger partial charge is 0.309 e. The van der Waals surface area contributed by atoms with E-state index in [-0.39, 0.29) is 6.04 Å². The highest BCUT2D eigenvalue weighted by atomic mass is 32.2. The van der Waals surface area contributed by atoms with Gasteiger partial charge in [-0.15, -0.1) is 11.3 Å². The lowest BCUT2D eigenvalue weighted by Gasteiger charge is -2.17. The quantitative estimate of drug-likeness (QED) is 0.943. The number of benzene rings is 1. The van der Waals surface area contributed by atoms with E-state index >= 15 is 0 Å². The smallest absolute Gasteiger partial charge is 0.175 e.